The van der Waals surface area contributed by atoms with E-state index in [1.807, 2.05) is 0 Å². The summed E-state index contributed by atoms with van der Waals surface area (Å²) in [7, 11) is 0. The minimum Gasteiger partial charge on any atom is -0.459 e. The van der Waals surface area contributed by atoms with Gasteiger partial charge in [-0.1, -0.05) is 18.2 Å². The lowest BCUT2D eigenvalue weighted by atomic mass is 9.98. The molecule has 2 aliphatic rings. The van der Waals surface area contributed by atoms with Gasteiger partial charge in [0.05, 0.1) is 12.0 Å². The van der Waals surface area contributed by atoms with Crippen LogP contribution in [0, 0.1) is 5.92 Å². The number of esters is 3. The molecule has 0 aliphatic carbocycles. The molecule has 2 fully saturated rings. The van der Waals surface area contributed by atoms with Crippen molar-refractivity contribution in [3.05, 3.63) is 35.9 Å². The standard InChI is InChI=1S/C16H16O7/c1-9(17)21-16-14-11(7-13(18)23-14)12(22-16)8-20-15(19)10-5-3-2-4-6-10/h2-6,11-12,14,16H,7-8H2,1H3. The van der Waals surface area contributed by atoms with Crippen molar-refractivity contribution in [2.45, 2.75) is 31.8 Å². The van der Waals surface area contributed by atoms with Crippen LogP contribution in [0.4, 0.5) is 0 Å². The number of hydrogen-bond acceptors (Lipinski definition) is 7. The number of carbonyl (C=O) groups excluding carboxylic acids is 3. The zero-order chi connectivity index (χ0) is 16.4. The van der Waals surface area contributed by atoms with E-state index in [9.17, 15) is 14.4 Å². The van der Waals surface area contributed by atoms with Gasteiger partial charge >= 0.3 is 17.9 Å². The van der Waals surface area contributed by atoms with Crippen molar-refractivity contribution in [1.82, 2.24) is 0 Å². The van der Waals surface area contributed by atoms with Gasteiger partial charge in [-0.05, 0) is 12.1 Å². The summed E-state index contributed by atoms with van der Waals surface area (Å²) in [6, 6.07) is 8.56. The molecule has 122 valence electrons. The van der Waals surface area contributed by atoms with E-state index in [0.717, 1.165) is 0 Å². The summed E-state index contributed by atoms with van der Waals surface area (Å²) in [5.74, 6) is -1.68. The molecule has 1 aromatic rings. The lowest BCUT2D eigenvalue weighted by molar-refractivity contribution is -0.194. The zero-order valence-electron chi connectivity index (χ0n) is 12.5. The number of fused-ring (bicyclic) bond motifs is 1. The van der Waals surface area contributed by atoms with Gasteiger partial charge in [0.1, 0.15) is 12.7 Å². The van der Waals surface area contributed by atoms with E-state index in [1.54, 1.807) is 30.3 Å². The fraction of sp³-hybridized carbons (Fsp3) is 0.438. The number of benzene rings is 1. The Labute approximate surface area is 132 Å². The number of ether oxygens (including phenoxy) is 4. The molecule has 7 nitrogen and oxygen atoms in total. The van der Waals surface area contributed by atoms with Crippen LogP contribution in [0.2, 0.25) is 0 Å². The molecule has 0 bridgehead atoms. The molecule has 4 unspecified atom stereocenters. The van der Waals surface area contributed by atoms with E-state index in [-0.39, 0.29) is 24.9 Å². The Balaban J connectivity index is 1.62. The van der Waals surface area contributed by atoms with Gasteiger partial charge in [-0.3, -0.25) is 9.59 Å². The van der Waals surface area contributed by atoms with Crippen LogP contribution in [0.5, 0.6) is 0 Å². The molecular formula is C16H16O7. The smallest absolute Gasteiger partial charge is 0.338 e. The van der Waals surface area contributed by atoms with Crippen LogP contribution in [0.1, 0.15) is 23.7 Å². The van der Waals surface area contributed by atoms with Gasteiger partial charge in [-0.25, -0.2) is 4.79 Å². The van der Waals surface area contributed by atoms with Crippen molar-refractivity contribution in [1.29, 1.82) is 0 Å². The van der Waals surface area contributed by atoms with Crippen molar-refractivity contribution >= 4 is 17.9 Å². The molecule has 3 rings (SSSR count). The van der Waals surface area contributed by atoms with Crippen LogP contribution in [0.25, 0.3) is 0 Å². The third-order valence-corrected chi connectivity index (χ3v) is 3.82. The Morgan fingerprint density at radius 3 is 2.70 bits per heavy atom. The highest BCUT2D eigenvalue weighted by atomic mass is 16.7. The molecule has 2 heterocycles. The molecule has 4 atom stereocenters. The molecule has 0 amide bonds. The van der Waals surface area contributed by atoms with Gasteiger partial charge in [-0.15, -0.1) is 0 Å². The third-order valence-electron chi connectivity index (χ3n) is 3.82. The van der Waals surface area contributed by atoms with Crippen LogP contribution in [-0.2, 0) is 28.5 Å². The van der Waals surface area contributed by atoms with Crippen molar-refractivity contribution in [2.75, 3.05) is 6.61 Å². The lowest BCUT2D eigenvalue weighted by Gasteiger charge is -2.16. The Bertz CT molecular complexity index is 612. The summed E-state index contributed by atoms with van der Waals surface area (Å²) in [5.41, 5.74) is 0.428. The molecule has 0 N–H and O–H groups in total. The Morgan fingerprint density at radius 1 is 1.26 bits per heavy atom. The van der Waals surface area contributed by atoms with E-state index in [4.69, 9.17) is 18.9 Å². The molecule has 2 aliphatic heterocycles. The van der Waals surface area contributed by atoms with Gasteiger partial charge in [-0.2, -0.15) is 0 Å². The largest absolute Gasteiger partial charge is 0.459 e. The monoisotopic (exact) mass is 320 g/mol. The summed E-state index contributed by atoms with van der Waals surface area (Å²) in [6.45, 7) is 1.21. The van der Waals surface area contributed by atoms with Gasteiger partial charge in [0.15, 0.2) is 6.10 Å². The average molecular weight is 320 g/mol. The predicted molar refractivity (Wildman–Crippen MR) is 75.1 cm³/mol. The van der Waals surface area contributed by atoms with Crippen molar-refractivity contribution < 1.29 is 33.3 Å². The van der Waals surface area contributed by atoms with Crippen molar-refractivity contribution in [3.8, 4) is 0 Å². The Kier molecular flexibility index (Phi) is 4.29. The van der Waals surface area contributed by atoms with E-state index in [0.29, 0.717) is 5.56 Å². The number of carbonyl (C=O) groups is 3. The first kappa shape index (κ1) is 15.5. The molecule has 7 heteroatoms. The van der Waals surface area contributed by atoms with Crippen molar-refractivity contribution in [3.63, 3.8) is 0 Å². The maximum absolute atomic E-state index is 12.0. The first-order valence-corrected chi connectivity index (χ1v) is 7.29. The maximum atomic E-state index is 12.0. The highest BCUT2D eigenvalue weighted by molar-refractivity contribution is 5.89. The molecule has 2 saturated heterocycles. The highest BCUT2D eigenvalue weighted by Crippen LogP contribution is 2.38. The second-order valence-electron chi connectivity index (χ2n) is 5.44. The summed E-state index contributed by atoms with van der Waals surface area (Å²) in [6.07, 6.45) is -2.00. The minimum atomic E-state index is -0.954. The first-order valence-electron chi connectivity index (χ1n) is 7.29. The molecule has 23 heavy (non-hydrogen) atoms. The molecule has 0 aromatic heterocycles. The average Bonchev–Trinajstić information content (AvgIpc) is 3.04. The highest BCUT2D eigenvalue weighted by Gasteiger charge is 2.54. The third kappa shape index (κ3) is 3.34. The predicted octanol–water partition coefficient (Wildman–Crippen LogP) is 1.06. The molecule has 0 saturated carbocycles. The SMILES string of the molecule is CC(=O)OC1OC(COC(=O)c2ccccc2)C2CC(=O)OC12. The van der Waals surface area contributed by atoms with Gasteiger partial charge in [0.2, 0.25) is 6.29 Å². The summed E-state index contributed by atoms with van der Waals surface area (Å²) >= 11 is 0. The van der Waals surface area contributed by atoms with Crippen molar-refractivity contribution in [2.24, 2.45) is 5.92 Å². The second-order valence-corrected chi connectivity index (χ2v) is 5.44. The first-order chi connectivity index (χ1) is 11.0. The fourth-order valence-electron chi connectivity index (χ4n) is 2.78. The van der Waals surface area contributed by atoms with Crippen LogP contribution < -0.4 is 0 Å². The molecule has 0 radical (unpaired) electrons. The molecule has 1 aromatic carbocycles. The summed E-state index contributed by atoms with van der Waals surface area (Å²) in [4.78, 5) is 34.5. The number of hydrogen-bond donors (Lipinski definition) is 0. The van der Waals surface area contributed by atoms with Crippen LogP contribution in [0.15, 0.2) is 30.3 Å². The summed E-state index contributed by atoms with van der Waals surface area (Å²) in [5, 5.41) is 0. The maximum Gasteiger partial charge on any atom is 0.338 e. The van der Waals surface area contributed by atoms with E-state index < -0.39 is 30.4 Å². The fourth-order valence-corrected chi connectivity index (χ4v) is 2.78. The molecular weight excluding hydrogens is 304 g/mol. The second kappa shape index (κ2) is 6.37. The van der Waals surface area contributed by atoms with E-state index >= 15 is 0 Å². The van der Waals surface area contributed by atoms with Gasteiger partial charge < -0.3 is 18.9 Å². The zero-order valence-corrected chi connectivity index (χ0v) is 12.5. The lowest BCUT2D eigenvalue weighted by Crippen LogP contribution is -2.29. The van der Waals surface area contributed by atoms with Crippen LogP contribution in [0.3, 0.4) is 0 Å². The Morgan fingerprint density at radius 2 is 2.00 bits per heavy atom. The number of rotatable bonds is 4. The van der Waals surface area contributed by atoms with Crippen LogP contribution >= 0.6 is 0 Å². The minimum absolute atomic E-state index is 0.0384. The van der Waals surface area contributed by atoms with Gasteiger partial charge in [0.25, 0.3) is 0 Å². The normalized spacial score (nSPS) is 28.8. The molecule has 0 spiro atoms. The van der Waals surface area contributed by atoms with E-state index in [1.165, 1.54) is 6.92 Å². The summed E-state index contributed by atoms with van der Waals surface area (Å²) < 4.78 is 21.0. The van der Waals surface area contributed by atoms with Gasteiger partial charge in [0, 0.05) is 12.8 Å². The van der Waals surface area contributed by atoms with E-state index in [2.05, 4.69) is 0 Å². The Hall–Kier alpha value is -2.41. The van der Waals surface area contributed by atoms with Crippen LogP contribution in [-0.4, -0.2) is 43.0 Å². The quantitative estimate of drug-likeness (QED) is 0.605. The topological polar surface area (TPSA) is 88.1 Å².